The molecule has 1 aromatic heterocycles. The second-order valence-corrected chi connectivity index (χ2v) is 6.85. The molecule has 1 unspecified atom stereocenters. The van der Waals surface area contributed by atoms with Crippen molar-refractivity contribution >= 4 is 33.2 Å². The van der Waals surface area contributed by atoms with Gasteiger partial charge in [-0.3, -0.25) is 4.79 Å². The summed E-state index contributed by atoms with van der Waals surface area (Å²) in [5, 5.41) is 12.2. The highest BCUT2D eigenvalue weighted by molar-refractivity contribution is 9.11. The van der Waals surface area contributed by atoms with Crippen molar-refractivity contribution < 1.29 is 9.90 Å². The number of rotatable bonds is 8. The molecule has 0 aliphatic rings. The molecular formula is C13H20BrNO2S. The second-order valence-electron chi connectivity index (χ2n) is 4.31. The highest BCUT2D eigenvalue weighted by Crippen LogP contribution is 2.23. The van der Waals surface area contributed by atoms with E-state index in [-0.39, 0.29) is 5.91 Å². The van der Waals surface area contributed by atoms with Crippen LogP contribution >= 0.6 is 27.3 Å². The average molecular weight is 334 g/mol. The van der Waals surface area contributed by atoms with E-state index < -0.39 is 6.10 Å². The number of halogens is 1. The number of hydrogen-bond acceptors (Lipinski definition) is 3. The van der Waals surface area contributed by atoms with Crippen molar-refractivity contribution in [1.82, 2.24) is 5.32 Å². The first-order valence-electron chi connectivity index (χ1n) is 6.30. The first-order chi connectivity index (χ1) is 8.61. The van der Waals surface area contributed by atoms with Gasteiger partial charge in [0.15, 0.2) is 0 Å². The Hall–Kier alpha value is -0.390. The Labute approximate surface area is 121 Å². The fraction of sp³-hybridized carbons (Fsp3) is 0.615. The number of hydrogen-bond donors (Lipinski definition) is 2. The van der Waals surface area contributed by atoms with Gasteiger partial charge in [0.25, 0.3) is 0 Å². The van der Waals surface area contributed by atoms with Crippen molar-refractivity contribution in [1.29, 1.82) is 0 Å². The lowest BCUT2D eigenvalue weighted by atomic mass is 10.2. The summed E-state index contributed by atoms with van der Waals surface area (Å²) in [4.78, 5) is 12.8. The quantitative estimate of drug-likeness (QED) is 0.767. The summed E-state index contributed by atoms with van der Waals surface area (Å²) < 4.78 is 1.13. The summed E-state index contributed by atoms with van der Waals surface area (Å²) in [6.07, 6.45) is 3.57. The van der Waals surface area contributed by atoms with Crippen molar-refractivity contribution in [2.45, 2.75) is 45.1 Å². The number of aryl methyl sites for hydroxylation is 1. The predicted molar refractivity (Wildman–Crippen MR) is 78.9 cm³/mol. The fourth-order valence-electron chi connectivity index (χ4n) is 1.66. The third-order valence-corrected chi connectivity index (χ3v) is 4.30. The molecule has 0 bridgehead atoms. The number of carbonyl (C=O) groups excluding carboxylic acids is 1. The van der Waals surface area contributed by atoms with E-state index in [4.69, 9.17) is 0 Å². The highest BCUT2D eigenvalue weighted by Gasteiger charge is 2.06. The van der Waals surface area contributed by atoms with E-state index >= 15 is 0 Å². The third-order valence-electron chi connectivity index (χ3n) is 2.61. The van der Waals surface area contributed by atoms with Crippen LogP contribution in [0.25, 0.3) is 0 Å². The Kier molecular flexibility index (Phi) is 7.54. The van der Waals surface area contributed by atoms with Crippen molar-refractivity contribution in [2.24, 2.45) is 0 Å². The summed E-state index contributed by atoms with van der Waals surface area (Å²) >= 11 is 5.13. The lowest BCUT2D eigenvalue weighted by Gasteiger charge is -2.10. The lowest BCUT2D eigenvalue weighted by Crippen LogP contribution is -2.31. The minimum Gasteiger partial charge on any atom is -0.391 e. The van der Waals surface area contributed by atoms with Crippen LogP contribution in [0.15, 0.2) is 15.9 Å². The summed E-state index contributed by atoms with van der Waals surface area (Å²) in [6.45, 7) is 2.39. The first kappa shape index (κ1) is 15.7. The Morgan fingerprint density at radius 3 is 2.94 bits per heavy atom. The van der Waals surface area contributed by atoms with Crippen LogP contribution in [-0.2, 0) is 11.2 Å². The zero-order valence-electron chi connectivity index (χ0n) is 10.6. The molecule has 102 valence electrons. The van der Waals surface area contributed by atoms with Crippen LogP contribution in [0, 0.1) is 0 Å². The van der Waals surface area contributed by atoms with Crippen LogP contribution in [0.1, 0.15) is 37.5 Å². The molecule has 1 aromatic rings. The van der Waals surface area contributed by atoms with Gasteiger partial charge in [0.2, 0.25) is 5.91 Å². The SMILES string of the molecule is CCCC(O)CNC(=O)CCCc1ccc(Br)s1. The lowest BCUT2D eigenvalue weighted by molar-refractivity contribution is -0.121. The second kappa shape index (κ2) is 8.67. The molecular weight excluding hydrogens is 314 g/mol. The molecule has 3 nitrogen and oxygen atoms in total. The standard InChI is InChI=1S/C13H20BrNO2S/c1-2-4-10(16)9-15-13(17)6-3-5-11-7-8-12(14)18-11/h7-8,10,16H,2-6,9H2,1H3,(H,15,17). The zero-order chi connectivity index (χ0) is 13.4. The molecule has 0 radical (unpaired) electrons. The van der Waals surface area contributed by atoms with Crippen molar-refractivity contribution in [2.75, 3.05) is 6.54 Å². The number of amides is 1. The number of carbonyl (C=O) groups is 1. The summed E-state index contributed by atoms with van der Waals surface area (Å²) in [6, 6.07) is 4.11. The Morgan fingerprint density at radius 2 is 2.33 bits per heavy atom. The highest BCUT2D eigenvalue weighted by atomic mass is 79.9. The molecule has 1 amide bonds. The fourth-order valence-corrected chi connectivity index (χ4v) is 3.19. The molecule has 1 atom stereocenters. The summed E-state index contributed by atoms with van der Waals surface area (Å²) in [5.74, 6) is 0.0285. The van der Waals surface area contributed by atoms with E-state index in [0.717, 1.165) is 29.5 Å². The van der Waals surface area contributed by atoms with Gasteiger partial charge >= 0.3 is 0 Å². The van der Waals surface area contributed by atoms with Gasteiger partial charge < -0.3 is 10.4 Å². The molecule has 0 aromatic carbocycles. The molecule has 0 saturated carbocycles. The predicted octanol–water partition coefficient (Wildman–Crippen LogP) is 3.11. The minimum absolute atomic E-state index is 0.0285. The number of aliphatic hydroxyl groups excluding tert-OH is 1. The molecule has 0 aliphatic carbocycles. The van der Waals surface area contributed by atoms with Gasteiger partial charge in [-0.1, -0.05) is 13.3 Å². The molecule has 1 rings (SSSR count). The molecule has 2 N–H and O–H groups in total. The van der Waals surface area contributed by atoms with Crippen LogP contribution in [0.2, 0.25) is 0 Å². The van der Waals surface area contributed by atoms with Gasteiger partial charge in [-0.05, 0) is 47.3 Å². The average Bonchev–Trinajstić information content (AvgIpc) is 2.73. The molecule has 0 saturated heterocycles. The van der Waals surface area contributed by atoms with E-state index in [9.17, 15) is 9.90 Å². The number of thiophene rings is 1. The van der Waals surface area contributed by atoms with Crippen LogP contribution in [0.5, 0.6) is 0 Å². The smallest absolute Gasteiger partial charge is 0.220 e. The van der Waals surface area contributed by atoms with E-state index in [0.29, 0.717) is 13.0 Å². The normalized spacial score (nSPS) is 12.4. The van der Waals surface area contributed by atoms with E-state index in [2.05, 4.69) is 27.3 Å². The first-order valence-corrected chi connectivity index (χ1v) is 7.91. The van der Waals surface area contributed by atoms with E-state index in [1.165, 1.54) is 4.88 Å². The van der Waals surface area contributed by atoms with E-state index in [1.807, 2.05) is 13.0 Å². The largest absolute Gasteiger partial charge is 0.391 e. The Morgan fingerprint density at radius 1 is 1.56 bits per heavy atom. The van der Waals surface area contributed by atoms with Crippen molar-refractivity contribution in [3.05, 3.63) is 20.8 Å². The zero-order valence-corrected chi connectivity index (χ0v) is 13.0. The molecule has 1 heterocycles. The van der Waals surface area contributed by atoms with Gasteiger partial charge in [0.1, 0.15) is 0 Å². The van der Waals surface area contributed by atoms with Crippen molar-refractivity contribution in [3.63, 3.8) is 0 Å². The molecule has 0 aliphatic heterocycles. The maximum atomic E-state index is 11.5. The van der Waals surface area contributed by atoms with Gasteiger partial charge in [-0.25, -0.2) is 0 Å². The Balaban J connectivity index is 2.10. The monoisotopic (exact) mass is 333 g/mol. The van der Waals surface area contributed by atoms with Crippen LogP contribution in [0.3, 0.4) is 0 Å². The summed E-state index contributed by atoms with van der Waals surface area (Å²) in [7, 11) is 0. The van der Waals surface area contributed by atoms with Crippen LogP contribution < -0.4 is 5.32 Å². The van der Waals surface area contributed by atoms with Crippen LogP contribution in [0.4, 0.5) is 0 Å². The Bertz CT molecular complexity index is 368. The van der Waals surface area contributed by atoms with Gasteiger partial charge in [0.05, 0.1) is 9.89 Å². The maximum Gasteiger partial charge on any atom is 0.220 e. The minimum atomic E-state index is -0.410. The number of aliphatic hydroxyl groups is 1. The van der Waals surface area contributed by atoms with Crippen molar-refractivity contribution in [3.8, 4) is 0 Å². The van der Waals surface area contributed by atoms with Gasteiger partial charge in [0, 0.05) is 17.8 Å². The number of nitrogens with one attached hydrogen (secondary N) is 1. The molecule has 0 fully saturated rings. The third kappa shape index (κ3) is 6.52. The topological polar surface area (TPSA) is 49.3 Å². The summed E-state index contributed by atoms with van der Waals surface area (Å²) in [5.41, 5.74) is 0. The maximum absolute atomic E-state index is 11.5. The molecule has 5 heteroatoms. The van der Waals surface area contributed by atoms with Gasteiger partial charge in [-0.2, -0.15) is 0 Å². The van der Waals surface area contributed by atoms with Gasteiger partial charge in [-0.15, -0.1) is 11.3 Å². The molecule has 18 heavy (non-hydrogen) atoms. The van der Waals surface area contributed by atoms with E-state index in [1.54, 1.807) is 11.3 Å². The van der Waals surface area contributed by atoms with Crippen LogP contribution in [-0.4, -0.2) is 23.7 Å². The molecule has 0 spiro atoms.